The third-order valence-electron chi connectivity index (χ3n) is 1.98. The molecule has 0 spiro atoms. The Balaban J connectivity index is 2.23. The first kappa shape index (κ1) is 8.82. The molecule has 7 heteroatoms. The summed E-state index contributed by atoms with van der Waals surface area (Å²) in [6.45, 7) is 2.83. The molecule has 0 fully saturated rings. The number of H-pyrrole nitrogens is 1. The average molecular weight is 193 g/mol. The summed E-state index contributed by atoms with van der Waals surface area (Å²) in [4.78, 5) is 0. The first-order valence-corrected chi connectivity index (χ1v) is 4.32. The highest BCUT2D eigenvalue weighted by Gasteiger charge is 2.14. The first-order valence-electron chi connectivity index (χ1n) is 4.32. The van der Waals surface area contributed by atoms with Gasteiger partial charge in [0.25, 0.3) is 0 Å². The Labute approximate surface area is 80.3 Å². The fourth-order valence-electron chi connectivity index (χ4n) is 1.16. The van der Waals surface area contributed by atoms with Crippen LogP contribution in [0.15, 0.2) is 12.4 Å². The van der Waals surface area contributed by atoms with Crippen molar-refractivity contribution >= 4 is 0 Å². The summed E-state index contributed by atoms with van der Waals surface area (Å²) in [5, 5.41) is 17.6. The van der Waals surface area contributed by atoms with E-state index in [2.05, 4.69) is 25.7 Å². The van der Waals surface area contributed by atoms with Gasteiger partial charge in [-0.05, 0) is 6.92 Å². The predicted molar refractivity (Wildman–Crippen MR) is 48.1 cm³/mol. The number of hydrogen-bond donors (Lipinski definition) is 2. The molecule has 0 aliphatic rings. The Morgan fingerprint density at radius 3 is 3.07 bits per heavy atom. The lowest BCUT2D eigenvalue weighted by Gasteiger charge is -2.01. The normalized spacial score (nSPS) is 13.0. The summed E-state index contributed by atoms with van der Waals surface area (Å²) in [7, 11) is 0. The highest BCUT2D eigenvalue weighted by molar-refractivity contribution is 5.16. The highest BCUT2D eigenvalue weighted by Crippen LogP contribution is 2.13. The molecule has 0 aliphatic heterocycles. The molecule has 0 aromatic carbocycles. The molecule has 0 saturated heterocycles. The number of nitrogens with zero attached hydrogens (tertiary/aromatic N) is 5. The number of aromatic amines is 1. The highest BCUT2D eigenvalue weighted by atomic mass is 15.5. The fourth-order valence-corrected chi connectivity index (χ4v) is 1.16. The van der Waals surface area contributed by atoms with Gasteiger partial charge in [0, 0.05) is 18.3 Å². The van der Waals surface area contributed by atoms with Gasteiger partial charge in [-0.25, -0.2) is 0 Å². The van der Waals surface area contributed by atoms with Crippen molar-refractivity contribution in [2.24, 2.45) is 5.73 Å². The molecule has 2 heterocycles. The Morgan fingerprint density at radius 1 is 1.64 bits per heavy atom. The van der Waals surface area contributed by atoms with Crippen molar-refractivity contribution in [3.05, 3.63) is 23.8 Å². The smallest absolute Gasteiger partial charge is 0.195 e. The van der Waals surface area contributed by atoms with Gasteiger partial charge < -0.3 is 5.73 Å². The monoisotopic (exact) mass is 193 g/mol. The summed E-state index contributed by atoms with van der Waals surface area (Å²) in [5.74, 6) is 0.473. The molecule has 2 aromatic heterocycles. The van der Waals surface area contributed by atoms with E-state index in [1.54, 1.807) is 10.9 Å². The zero-order valence-corrected chi connectivity index (χ0v) is 7.75. The summed E-state index contributed by atoms with van der Waals surface area (Å²) in [6.07, 6.45) is 3.59. The third kappa shape index (κ3) is 1.49. The van der Waals surface area contributed by atoms with Crippen LogP contribution in [0, 0.1) is 0 Å². The van der Waals surface area contributed by atoms with Gasteiger partial charge in [-0.1, -0.05) is 5.21 Å². The molecule has 1 unspecified atom stereocenters. The molecule has 0 saturated carbocycles. The Morgan fingerprint density at radius 2 is 2.50 bits per heavy atom. The van der Waals surface area contributed by atoms with Crippen LogP contribution >= 0.6 is 0 Å². The molecule has 7 nitrogen and oxygen atoms in total. The van der Waals surface area contributed by atoms with Crippen molar-refractivity contribution in [3.63, 3.8) is 0 Å². The van der Waals surface area contributed by atoms with Crippen molar-refractivity contribution in [2.45, 2.75) is 19.5 Å². The van der Waals surface area contributed by atoms with Crippen LogP contribution in [0.3, 0.4) is 0 Å². The number of nitrogens with two attached hydrogens (primary N) is 1. The average Bonchev–Trinajstić information content (AvgIpc) is 2.88. The van der Waals surface area contributed by atoms with Gasteiger partial charge >= 0.3 is 0 Å². The van der Waals surface area contributed by atoms with E-state index < -0.39 is 0 Å². The van der Waals surface area contributed by atoms with Gasteiger partial charge in [0.2, 0.25) is 0 Å². The second-order valence-corrected chi connectivity index (χ2v) is 2.88. The van der Waals surface area contributed by atoms with Gasteiger partial charge in [0.1, 0.15) is 0 Å². The number of aryl methyl sites for hydroxylation is 1. The summed E-state index contributed by atoms with van der Waals surface area (Å²) in [6, 6.07) is -0.367. The van der Waals surface area contributed by atoms with Crippen LogP contribution in [0.1, 0.15) is 24.4 Å². The fraction of sp³-hybridized carbons (Fsp3) is 0.429. The Bertz CT molecular complexity index is 390. The van der Waals surface area contributed by atoms with Crippen LogP contribution in [0.2, 0.25) is 0 Å². The maximum atomic E-state index is 5.89. The second kappa shape index (κ2) is 3.54. The lowest BCUT2D eigenvalue weighted by molar-refractivity contribution is 0.658. The van der Waals surface area contributed by atoms with Crippen LogP contribution in [0.25, 0.3) is 0 Å². The zero-order chi connectivity index (χ0) is 9.97. The molecule has 0 aliphatic carbocycles. The molecule has 0 amide bonds. The van der Waals surface area contributed by atoms with Crippen molar-refractivity contribution in [3.8, 4) is 0 Å². The molecule has 2 rings (SSSR count). The van der Waals surface area contributed by atoms with Crippen LogP contribution < -0.4 is 5.73 Å². The lowest BCUT2D eigenvalue weighted by Crippen LogP contribution is -2.13. The SMILES string of the molecule is CCn1cc(C(N)c2nn[nH]n2)cn1. The van der Waals surface area contributed by atoms with E-state index in [1.807, 2.05) is 13.1 Å². The van der Waals surface area contributed by atoms with E-state index in [-0.39, 0.29) is 6.04 Å². The first-order chi connectivity index (χ1) is 6.81. The van der Waals surface area contributed by atoms with Gasteiger partial charge in [-0.3, -0.25) is 4.68 Å². The summed E-state index contributed by atoms with van der Waals surface area (Å²) < 4.78 is 1.80. The molecule has 0 radical (unpaired) electrons. The van der Waals surface area contributed by atoms with Gasteiger partial charge in [-0.2, -0.15) is 10.3 Å². The van der Waals surface area contributed by atoms with Crippen molar-refractivity contribution in [1.82, 2.24) is 30.4 Å². The molecule has 1 atom stereocenters. The number of aromatic nitrogens is 6. The maximum absolute atomic E-state index is 5.89. The molecule has 14 heavy (non-hydrogen) atoms. The van der Waals surface area contributed by atoms with Gasteiger partial charge in [0.15, 0.2) is 5.82 Å². The second-order valence-electron chi connectivity index (χ2n) is 2.88. The lowest BCUT2D eigenvalue weighted by atomic mass is 10.2. The van der Waals surface area contributed by atoms with Crippen molar-refractivity contribution in [1.29, 1.82) is 0 Å². The van der Waals surface area contributed by atoms with E-state index in [4.69, 9.17) is 5.73 Å². The van der Waals surface area contributed by atoms with Crippen LogP contribution in [-0.2, 0) is 6.54 Å². The van der Waals surface area contributed by atoms with E-state index in [0.717, 1.165) is 12.1 Å². The Hall–Kier alpha value is -1.76. The topological polar surface area (TPSA) is 98.3 Å². The van der Waals surface area contributed by atoms with Crippen molar-refractivity contribution < 1.29 is 0 Å². The predicted octanol–water partition coefficient (Wildman–Crippen LogP) is -0.536. The van der Waals surface area contributed by atoms with Crippen LogP contribution in [0.4, 0.5) is 0 Å². The minimum atomic E-state index is -0.367. The van der Waals surface area contributed by atoms with E-state index >= 15 is 0 Å². The zero-order valence-electron chi connectivity index (χ0n) is 7.75. The van der Waals surface area contributed by atoms with E-state index in [1.165, 1.54) is 0 Å². The van der Waals surface area contributed by atoms with Crippen LogP contribution in [-0.4, -0.2) is 30.4 Å². The van der Waals surface area contributed by atoms with E-state index in [9.17, 15) is 0 Å². The van der Waals surface area contributed by atoms with Crippen LogP contribution in [0.5, 0.6) is 0 Å². The molecular weight excluding hydrogens is 182 g/mol. The minimum absolute atomic E-state index is 0.367. The third-order valence-corrected chi connectivity index (χ3v) is 1.98. The summed E-state index contributed by atoms with van der Waals surface area (Å²) >= 11 is 0. The van der Waals surface area contributed by atoms with Crippen molar-refractivity contribution in [2.75, 3.05) is 0 Å². The number of rotatable bonds is 3. The standard InChI is InChI=1S/C7H11N7/c1-2-14-4-5(3-9-14)6(8)7-10-12-13-11-7/h3-4,6H,2,8H2,1H3,(H,10,11,12,13). The Kier molecular flexibility index (Phi) is 2.23. The number of hydrogen-bond acceptors (Lipinski definition) is 5. The molecule has 2 aromatic rings. The molecule has 74 valence electrons. The largest absolute Gasteiger partial charge is 0.317 e. The summed E-state index contributed by atoms with van der Waals surface area (Å²) in [5.41, 5.74) is 6.77. The van der Waals surface area contributed by atoms with Gasteiger partial charge in [0.05, 0.1) is 12.2 Å². The minimum Gasteiger partial charge on any atom is -0.317 e. The maximum Gasteiger partial charge on any atom is 0.195 e. The number of nitrogens with one attached hydrogen (secondary N) is 1. The molecule has 0 bridgehead atoms. The molecular formula is C7H11N7. The van der Waals surface area contributed by atoms with E-state index in [0.29, 0.717) is 5.82 Å². The molecule has 3 N–H and O–H groups in total. The number of tetrazole rings is 1. The quantitative estimate of drug-likeness (QED) is 0.682. The van der Waals surface area contributed by atoms with Gasteiger partial charge in [-0.15, -0.1) is 10.2 Å².